The number of hydrogen-bond donors (Lipinski definition) is 2. The Hall–Kier alpha value is -2.55. The molecular formula is C22H23Cl2N5O2S. The third kappa shape index (κ3) is 5.82. The van der Waals surface area contributed by atoms with Crippen LogP contribution < -0.4 is 10.6 Å². The molecule has 2 aromatic carbocycles. The Labute approximate surface area is 200 Å². The van der Waals surface area contributed by atoms with Gasteiger partial charge in [-0.05, 0) is 62.7 Å². The zero-order valence-electron chi connectivity index (χ0n) is 17.9. The summed E-state index contributed by atoms with van der Waals surface area (Å²) < 4.78 is 1.88. The van der Waals surface area contributed by atoms with Crippen LogP contribution >= 0.6 is 35.0 Å². The van der Waals surface area contributed by atoms with E-state index in [0.29, 0.717) is 38.8 Å². The first-order valence-corrected chi connectivity index (χ1v) is 11.7. The van der Waals surface area contributed by atoms with Crippen molar-refractivity contribution < 1.29 is 9.59 Å². The quantitative estimate of drug-likeness (QED) is 0.426. The first-order valence-electron chi connectivity index (χ1n) is 9.97. The zero-order chi connectivity index (χ0) is 23.3. The van der Waals surface area contributed by atoms with Crippen molar-refractivity contribution >= 4 is 52.5 Å². The summed E-state index contributed by atoms with van der Waals surface area (Å²) in [6.07, 6.45) is 0. The molecule has 10 heteroatoms. The number of halogens is 2. The van der Waals surface area contributed by atoms with Crippen molar-refractivity contribution in [3.05, 3.63) is 69.5 Å². The maximum atomic E-state index is 12.5. The van der Waals surface area contributed by atoms with E-state index in [9.17, 15) is 9.59 Å². The van der Waals surface area contributed by atoms with Crippen molar-refractivity contribution in [3.63, 3.8) is 0 Å². The molecule has 0 aliphatic carbocycles. The predicted molar refractivity (Wildman–Crippen MR) is 129 cm³/mol. The molecule has 3 rings (SSSR count). The number of anilines is 1. The average molecular weight is 492 g/mol. The van der Waals surface area contributed by atoms with Crippen LogP contribution in [-0.4, -0.2) is 32.3 Å². The molecule has 3 aromatic rings. The summed E-state index contributed by atoms with van der Waals surface area (Å²) in [4.78, 5) is 24.9. The lowest BCUT2D eigenvalue weighted by Crippen LogP contribution is -2.28. The number of nitrogens with zero attached hydrogens (tertiary/aromatic N) is 3. The van der Waals surface area contributed by atoms with Gasteiger partial charge < -0.3 is 15.2 Å². The molecule has 32 heavy (non-hydrogen) atoms. The van der Waals surface area contributed by atoms with E-state index in [1.807, 2.05) is 31.4 Å². The molecule has 2 N–H and O–H groups in total. The summed E-state index contributed by atoms with van der Waals surface area (Å²) in [6.45, 7) is 6.25. The standard InChI is InChI=1S/C22H23Cl2N5O2S/c1-4-29-20(14(3)25-21(31)15-8-10-16(23)11-9-15)27-28-22(29)32-12-19(30)26-18-7-5-6-17(24)13(18)2/h5-11,14H,4,12H2,1-3H3,(H,25,31)(H,26,30)/t14-/m0/s1. The monoisotopic (exact) mass is 491 g/mol. The Morgan fingerprint density at radius 3 is 2.53 bits per heavy atom. The smallest absolute Gasteiger partial charge is 0.251 e. The summed E-state index contributed by atoms with van der Waals surface area (Å²) in [5.41, 5.74) is 2.00. The Balaban J connectivity index is 1.63. The molecular weight excluding hydrogens is 469 g/mol. The number of carbonyl (C=O) groups excluding carboxylic acids is 2. The van der Waals surface area contributed by atoms with E-state index in [2.05, 4.69) is 20.8 Å². The van der Waals surface area contributed by atoms with Crippen molar-refractivity contribution in [2.75, 3.05) is 11.1 Å². The molecule has 1 atom stereocenters. The van der Waals surface area contributed by atoms with E-state index in [-0.39, 0.29) is 23.6 Å². The molecule has 0 saturated carbocycles. The largest absolute Gasteiger partial charge is 0.342 e. The van der Waals surface area contributed by atoms with E-state index < -0.39 is 0 Å². The maximum Gasteiger partial charge on any atom is 0.251 e. The normalized spacial score (nSPS) is 11.8. The second-order valence-electron chi connectivity index (χ2n) is 7.04. The van der Waals surface area contributed by atoms with Gasteiger partial charge >= 0.3 is 0 Å². The Morgan fingerprint density at radius 2 is 1.84 bits per heavy atom. The number of carbonyl (C=O) groups is 2. The van der Waals surface area contributed by atoms with E-state index >= 15 is 0 Å². The highest BCUT2D eigenvalue weighted by Crippen LogP contribution is 2.24. The molecule has 7 nitrogen and oxygen atoms in total. The minimum atomic E-state index is -0.372. The van der Waals surface area contributed by atoms with E-state index in [0.717, 1.165) is 5.56 Å². The van der Waals surface area contributed by atoms with E-state index in [4.69, 9.17) is 23.2 Å². The first-order chi connectivity index (χ1) is 15.3. The SMILES string of the molecule is CCn1c(SCC(=O)Nc2cccc(Cl)c2C)nnc1[C@H](C)NC(=O)c1ccc(Cl)cc1. The van der Waals surface area contributed by atoms with Gasteiger partial charge in [-0.2, -0.15) is 0 Å². The maximum absolute atomic E-state index is 12.5. The average Bonchev–Trinajstić information content (AvgIpc) is 3.19. The Bertz CT molecular complexity index is 1120. The molecule has 0 radical (unpaired) electrons. The number of rotatable bonds is 8. The Kier molecular flexibility index (Phi) is 8.17. The van der Waals surface area contributed by atoms with Crippen LogP contribution in [-0.2, 0) is 11.3 Å². The summed E-state index contributed by atoms with van der Waals surface area (Å²) in [7, 11) is 0. The molecule has 168 valence electrons. The fourth-order valence-electron chi connectivity index (χ4n) is 3.03. The molecule has 0 fully saturated rings. The van der Waals surface area contributed by atoms with Gasteiger partial charge in [-0.1, -0.05) is 41.0 Å². The van der Waals surface area contributed by atoms with Crippen molar-refractivity contribution in [3.8, 4) is 0 Å². The van der Waals surface area contributed by atoms with Crippen molar-refractivity contribution in [1.29, 1.82) is 0 Å². The van der Waals surface area contributed by atoms with Crippen LogP contribution in [0.1, 0.15) is 41.6 Å². The van der Waals surface area contributed by atoms with Crippen LogP contribution in [0, 0.1) is 6.92 Å². The van der Waals surface area contributed by atoms with Crippen molar-refractivity contribution in [2.24, 2.45) is 0 Å². The molecule has 0 spiro atoms. The van der Waals surface area contributed by atoms with Crippen LogP contribution in [0.4, 0.5) is 5.69 Å². The van der Waals surface area contributed by atoms with Gasteiger partial charge in [0.25, 0.3) is 5.91 Å². The molecule has 2 amide bonds. The first kappa shape index (κ1) is 24.1. The lowest BCUT2D eigenvalue weighted by atomic mass is 10.2. The van der Waals surface area contributed by atoms with Gasteiger partial charge in [0.1, 0.15) is 0 Å². The van der Waals surface area contributed by atoms with Gasteiger partial charge in [-0.25, -0.2) is 0 Å². The lowest BCUT2D eigenvalue weighted by Gasteiger charge is -2.15. The topological polar surface area (TPSA) is 88.9 Å². The molecule has 0 saturated heterocycles. The molecule has 0 unspecified atom stereocenters. The third-order valence-electron chi connectivity index (χ3n) is 4.78. The molecule has 0 bridgehead atoms. The summed E-state index contributed by atoms with van der Waals surface area (Å²) in [6, 6.07) is 11.7. The molecule has 1 heterocycles. The van der Waals surface area contributed by atoms with Gasteiger partial charge in [-0.3, -0.25) is 9.59 Å². The number of hydrogen-bond acceptors (Lipinski definition) is 5. The number of amides is 2. The van der Waals surface area contributed by atoms with Crippen LogP contribution in [0.3, 0.4) is 0 Å². The number of aromatic nitrogens is 3. The van der Waals surface area contributed by atoms with Crippen LogP contribution in [0.15, 0.2) is 47.6 Å². The zero-order valence-corrected chi connectivity index (χ0v) is 20.2. The second kappa shape index (κ2) is 10.8. The van der Waals surface area contributed by atoms with Crippen molar-refractivity contribution in [1.82, 2.24) is 20.1 Å². The molecule has 0 aliphatic heterocycles. The van der Waals surface area contributed by atoms with Crippen LogP contribution in [0.5, 0.6) is 0 Å². The molecule has 0 aliphatic rings. The minimum absolute atomic E-state index is 0.162. The molecule has 1 aromatic heterocycles. The Morgan fingerprint density at radius 1 is 1.12 bits per heavy atom. The van der Waals surface area contributed by atoms with Gasteiger partial charge in [0.2, 0.25) is 5.91 Å². The third-order valence-corrected chi connectivity index (χ3v) is 6.41. The minimum Gasteiger partial charge on any atom is -0.342 e. The summed E-state index contributed by atoms with van der Waals surface area (Å²) >= 11 is 13.3. The van der Waals surface area contributed by atoms with Crippen LogP contribution in [0.2, 0.25) is 10.0 Å². The van der Waals surface area contributed by atoms with Gasteiger partial charge in [-0.15, -0.1) is 10.2 Å². The van der Waals surface area contributed by atoms with E-state index in [1.165, 1.54) is 11.8 Å². The van der Waals surface area contributed by atoms with Gasteiger partial charge in [0, 0.05) is 27.8 Å². The number of nitrogens with one attached hydrogen (secondary N) is 2. The van der Waals surface area contributed by atoms with Gasteiger partial charge in [0.05, 0.1) is 11.8 Å². The fraction of sp³-hybridized carbons (Fsp3) is 0.273. The van der Waals surface area contributed by atoms with Crippen LogP contribution in [0.25, 0.3) is 0 Å². The predicted octanol–water partition coefficient (Wildman–Crippen LogP) is 5.14. The van der Waals surface area contributed by atoms with Gasteiger partial charge in [0.15, 0.2) is 11.0 Å². The van der Waals surface area contributed by atoms with E-state index in [1.54, 1.807) is 36.4 Å². The van der Waals surface area contributed by atoms with Crippen molar-refractivity contribution in [2.45, 2.75) is 38.5 Å². The summed E-state index contributed by atoms with van der Waals surface area (Å²) in [5, 5.41) is 16.0. The fourth-order valence-corrected chi connectivity index (χ4v) is 4.14. The highest BCUT2D eigenvalue weighted by Gasteiger charge is 2.20. The second-order valence-corrected chi connectivity index (χ2v) is 8.82. The lowest BCUT2D eigenvalue weighted by molar-refractivity contribution is -0.113. The summed E-state index contributed by atoms with van der Waals surface area (Å²) in [5.74, 6) is 0.376. The number of benzene rings is 2. The number of thioether (sulfide) groups is 1. The highest BCUT2D eigenvalue weighted by molar-refractivity contribution is 7.99. The highest BCUT2D eigenvalue weighted by atomic mass is 35.5.